The zero-order valence-electron chi connectivity index (χ0n) is 14.1. The zero-order chi connectivity index (χ0) is 17.5. The lowest BCUT2D eigenvalue weighted by molar-refractivity contribution is 0.101. The van der Waals surface area contributed by atoms with Gasteiger partial charge >= 0.3 is 0 Å². The van der Waals surface area contributed by atoms with Crippen LogP contribution in [0, 0.1) is 0 Å². The van der Waals surface area contributed by atoms with E-state index in [4.69, 9.17) is 9.47 Å². The lowest BCUT2D eigenvalue weighted by Gasteiger charge is -2.15. The molecule has 24 heavy (non-hydrogen) atoms. The molecule has 0 bridgehead atoms. The molecule has 0 aliphatic rings. The molecule has 0 atom stereocenters. The minimum atomic E-state index is -0.197. The maximum atomic E-state index is 12.8. The summed E-state index contributed by atoms with van der Waals surface area (Å²) in [6.07, 6.45) is 0. The second kappa shape index (κ2) is 8.85. The molecule has 0 unspecified atom stereocenters. The van der Waals surface area contributed by atoms with Crippen molar-refractivity contribution in [3.05, 3.63) is 58.1 Å². The van der Waals surface area contributed by atoms with Gasteiger partial charge in [0.2, 0.25) is 0 Å². The smallest absolute Gasteiger partial charge is 0.259 e. The van der Waals surface area contributed by atoms with Crippen molar-refractivity contribution in [2.24, 2.45) is 0 Å². The van der Waals surface area contributed by atoms with Gasteiger partial charge in [-0.25, -0.2) is 0 Å². The van der Waals surface area contributed by atoms with E-state index in [1.807, 2.05) is 30.3 Å². The summed E-state index contributed by atoms with van der Waals surface area (Å²) in [6.45, 7) is 5.06. The molecule has 1 N–H and O–H groups in total. The molecule has 0 radical (unpaired) electrons. The van der Waals surface area contributed by atoms with Gasteiger partial charge in [0.25, 0.3) is 5.91 Å². The van der Waals surface area contributed by atoms with Crippen molar-refractivity contribution >= 4 is 27.5 Å². The van der Waals surface area contributed by atoms with Crippen molar-refractivity contribution in [3.8, 4) is 5.75 Å². The number of amides is 1. The molecule has 2 aromatic carbocycles. The highest BCUT2D eigenvalue weighted by Gasteiger charge is 2.16. The Morgan fingerprint density at radius 2 is 1.92 bits per heavy atom. The zero-order valence-corrected chi connectivity index (χ0v) is 15.7. The molecule has 5 heteroatoms. The second-order valence-corrected chi connectivity index (χ2v) is 6.59. The first-order valence-electron chi connectivity index (χ1n) is 7.84. The van der Waals surface area contributed by atoms with Crippen LogP contribution >= 0.6 is 15.9 Å². The quantitative estimate of drug-likeness (QED) is 0.686. The van der Waals surface area contributed by atoms with Gasteiger partial charge in [0.05, 0.1) is 12.2 Å². The van der Waals surface area contributed by atoms with Crippen LogP contribution in [0.1, 0.15) is 35.7 Å². The molecule has 2 aromatic rings. The molecule has 0 spiro atoms. The monoisotopic (exact) mass is 391 g/mol. The van der Waals surface area contributed by atoms with Gasteiger partial charge in [0.1, 0.15) is 12.4 Å². The third-order valence-corrected chi connectivity index (χ3v) is 4.06. The summed E-state index contributed by atoms with van der Waals surface area (Å²) in [5, 5.41) is 3.00. The van der Waals surface area contributed by atoms with Gasteiger partial charge in [-0.05, 0) is 35.7 Å². The van der Waals surface area contributed by atoms with Crippen LogP contribution in [0.2, 0.25) is 0 Å². The molecule has 128 valence electrons. The van der Waals surface area contributed by atoms with Crippen molar-refractivity contribution in [2.45, 2.75) is 19.8 Å². The van der Waals surface area contributed by atoms with E-state index < -0.39 is 0 Å². The van der Waals surface area contributed by atoms with Crippen LogP contribution in [0.25, 0.3) is 0 Å². The van der Waals surface area contributed by atoms with Gasteiger partial charge in [-0.2, -0.15) is 0 Å². The third kappa shape index (κ3) is 4.82. The number of hydrogen-bond acceptors (Lipinski definition) is 3. The van der Waals surface area contributed by atoms with E-state index in [1.54, 1.807) is 19.2 Å². The van der Waals surface area contributed by atoms with Crippen molar-refractivity contribution in [1.82, 2.24) is 0 Å². The van der Waals surface area contributed by atoms with Crippen molar-refractivity contribution < 1.29 is 14.3 Å². The number of carbonyl (C=O) groups is 1. The Hall–Kier alpha value is -1.85. The summed E-state index contributed by atoms with van der Waals surface area (Å²) >= 11 is 3.41. The number of hydrogen-bond donors (Lipinski definition) is 1. The van der Waals surface area contributed by atoms with E-state index >= 15 is 0 Å². The van der Waals surface area contributed by atoms with Crippen molar-refractivity contribution in [3.63, 3.8) is 0 Å². The van der Waals surface area contributed by atoms with E-state index in [2.05, 4.69) is 35.1 Å². The minimum absolute atomic E-state index is 0.197. The average molecular weight is 392 g/mol. The summed E-state index contributed by atoms with van der Waals surface area (Å²) in [6, 6.07) is 13.2. The predicted molar refractivity (Wildman–Crippen MR) is 100.0 cm³/mol. The van der Waals surface area contributed by atoms with Gasteiger partial charge in [0, 0.05) is 17.3 Å². The van der Waals surface area contributed by atoms with E-state index in [0.717, 1.165) is 15.7 Å². The van der Waals surface area contributed by atoms with Gasteiger partial charge in [-0.15, -0.1) is 0 Å². The Labute approximate surface area is 151 Å². The standard InChI is InChI=1S/C19H22BrNO3/c1-13(2)15-6-4-5-7-17(15)21-19(22)16-12-14(20)8-9-18(16)24-11-10-23-3/h4-9,12-13H,10-11H2,1-3H3,(H,21,22). The molecule has 0 aliphatic carbocycles. The van der Waals surface area contributed by atoms with Crippen LogP contribution in [0.4, 0.5) is 5.69 Å². The fourth-order valence-electron chi connectivity index (χ4n) is 2.34. The number of anilines is 1. The van der Waals surface area contributed by atoms with Gasteiger partial charge in [-0.1, -0.05) is 48.0 Å². The summed E-state index contributed by atoms with van der Waals surface area (Å²) in [5.74, 6) is 0.660. The van der Waals surface area contributed by atoms with Crippen LogP contribution in [0.15, 0.2) is 46.9 Å². The minimum Gasteiger partial charge on any atom is -0.490 e. The lowest BCUT2D eigenvalue weighted by atomic mass is 10.0. The van der Waals surface area contributed by atoms with Crippen LogP contribution < -0.4 is 10.1 Å². The number of nitrogens with one attached hydrogen (secondary N) is 1. The first-order valence-corrected chi connectivity index (χ1v) is 8.63. The average Bonchev–Trinajstić information content (AvgIpc) is 2.56. The highest BCUT2D eigenvalue weighted by molar-refractivity contribution is 9.10. The molecule has 0 heterocycles. The molecule has 0 saturated carbocycles. The van der Waals surface area contributed by atoms with E-state index in [-0.39, 0.29) is 5.91 Å². The van der Waals surface area contributed by atoms with Crippen molar-refractivity contribution in [2.75, 3.05) is 25.6 Å². The summed E-state index contributed by atoms with van der Waals surface area (Å²) < 4.78 is 11.5. The van der Waals surface area contributed by atoms with E-state index in [1.165, 1.54) is 0 Å². The number of halogens is 1. The number of rotatable bonds is 7. The number of ether oxygens (including phenoxy) is 2. The SMILES string of the molecule is COCCOc1ccc(Br)cc1C(=O)Nc1ccccc1C(C)C. The van der Waals surface area contributed by atoms with Crippen LogP contribution in [-0.2, 0) is 4.74 Å². The molecular weight excluding hydrogens is 370 g/mol. The summed E-state index contributed by atoms with van der Waals surface area (Å²) in [7, 11) is 1.61. The first kappa shape index (κ1) is 18.5. The van der Waals surface area contributed by atoms with Crippen LogP contribution in [0.3, 0.4) is 0 Å². The fraction of sp³-hybridized carbons (Fsp3) is 0.316. The number of benzene rings is 2. The maximum absolute atomic E-state index is 12.8. The van der Waals surface area contributed by atoms with Crippen LogP contribution in [-0.4, -0.2) is 26.2 Å². The van der Waals surface area contributed by atoms with E-state index in [9.17, 15) is 4.79 Å². The topological polar surface area (TPSA) is 47.6 Å². The number of methoxy groups -OCH3 is 1. The Balaban J connectivity index is 2.25. The predicted octanol–water partition coefficient (Wildman–Crippen LogP) is 4.85. The molecule has 1 amide bonds. The fourth-order valence-corrected chi connectivity index (χ4v) is 2.71. The van der Waals surface area contributed by atoms with Crippen molar-refractivity contribution in [1.29, 1.82) is 0 Å². The lowest BCUT2D eigenvalue weighted by Crippen LogP contribution is -2.16. The van der Waals surface area contributed by atoms with Gasteiger partial charge in [0.15, 0.2) is 0 Å². The number of carbonyl (C=O) groups excluding carboxylic acids is 1. The van der Waals surface area contributed by atoms with Gasteiger partial charge in [-0.3, -0.25) is 4.79 Å². The first-order chi connectivity index (χ1) is 11.5. The Morgan fingerprint density at radius 1 is 1.17 bits per heavy atom. The summed E-state index contributed by atoms with van der Waals surface area (Å²) in [4.78, 5) is 12.8. The molecular formula is C19H22BrNO3. The molecule has 0 aliphatic heterocycles. The number of para-hydroxylation sites is 1. The maximum Gasteiger partial charge on any atom is 0.259 e. The second-order valence-electron chi connectivity index (χ2n) is 5.68. The molecule has 0 aromatic heterocycles. The highest BCUT2D eigenvalue weighted by Crippen LogP contribution is 2.27. The Morgan fingerprint density at radius 3 is 2.62 bits per heavy atom. The molecule has 4 nitrogen and oxygen atoms in total. The normalized spacial score (nSPS) is 10.7. The summed E-state index contributed by atoms with van der Waals surface area (Å²) in [5.41, 5.74) is 2.40. The van der Waals surface area contributed by atoms with Gasteiger partial charge < -0.3 is 14.8 Å². The third-order valence-electron chi connectivity index (χ3n) is 3.56. The van der Waals surface area contributed by atoms with Crippen LogP contribution in [0.5, 0.6) is 5.75 Å². The Kier molecular flexibility index (Phi) is 6.82. The Bertz CT molecular complexity index is 701. The molecule has 0 saturated heterocycles. The van der Waals surface area contributed by atoms with E-state index in [0.29, 0.717) is 30.4 Å². The largest absolute Gasteiger partial charge is 0.490 e. The highest BCUT2D eigenvalue weighted by atomic mass is 79.9. The molecule has 0 fully saturated rings. The molecule has 2 rings (SSSR count).